The second kappa shape index (κ2) is 4.82. The highest BCUT2D eigenvalue weighted by Crippen LogP contribution is 2.16. The third kappa shape index (κ3) is 3.51. The first-order chi connectivity index (χ1) is 8.04. The van der Waals surface area contributed by atoms with Gasteiger partial charge in [-0.3, -0.25) is 0 Å². The van der Waals surface area contributed by atoms with E-state index in [9.17, 15) is 13.0 Å². The maximum absolute atomic E-state index is 10.4. The van der Waals surface area contributed by atoms with Gasteiger partial charge in [0.1, 0.15) is 27.6 Å². The Hall–Kier alpha value is -1.45. The summed E-state index contributed by atoms with van der Waals surface area (Å²) in [5.74, 6) is -0.469. The van der Waals surface area contributed by atoms with Crippen LogP contribution in [0.15, 0.2) is 24.8 Å². The molecule has 2 rings (SSSR count). The van der Waals surface area contributed by atoms with E-state index >= 15 is 0 Å². The van der Waals surface area contributed by atoms with Crippen molar-refractivity contribution in [1.82, 2.24) is 14.5 Å². The molecule has 0 atom stereocenters. The normalized spacial score (nSPS) is 11.6. The van der Waals surface area contributed by atoms with Crippen LogP contribution in [0.25, 0.3) is 10.6 Å². The summed E-state index contributed by atoms with van der Waals surface area (Å²) in [5, 5.41) is 4.73. The molecule has 0 fully saturated rings. The molecule has 0 aliphatic heterocycles. The van der Waals surface area contributed by atoms with Crippen LogP contribution in [0.2, 0.25) is 0 Å². The Kier molecular flexibility index (Phi) is 3.41. The van der Waals surface area contributed by atoms with Crippen LogP contribution in [0.3, 0.4) is 0 Å². The first kappa shape index (κ1) is 12.0. The Morgan fingerprint density at radius 3 is 2.82 bits per heavy atom. The van der Waals surface area contributed by atoms with Crippen LogP contribution in [0.4, 0.5) is 0 Å². The lowest BCUT2D eigenvalue weighted by atomic mass is 10.3. The Bertz CT molecular complexity index is 580. The summed E-state index contributed by atoms with van der Waals surface area (Å²) in [6.07, 6.45) is 4.60. The minimum Gasteiger partial charge on any atom is -0.748 e. The molecule has 0 N–H and O–H groups in total. The van der Waals surface area contributed by atoms with Crippen molar-refractivity contribution >= 4 is 21.7 Å². The van der Waals surface area contributed by atoms with Gasteiger partial charge in [0.15, 0.2) is 12.7 Å². The lowest BCUT2D eigenvalue weighted by molar-refractivity contribution is -0.750. The number of aryl methyl sites for hydroxylation is 1. The van der Waals surface area contributed by atoms with E-state index in [0.717, 1.165) is 10.6 Å². The topological polar surface area (TPSA) is 99.8 Å². The summed E-state index contributed by atoms with van der Waals surface area (Å²) in [6.45, 7) is 0.0439. The highest BCUT2D eigenvalue weighted by molar-refractivity contribution is 7.85. The van der Waals surface area contributed by atoms with Crippen LogP contribution in [-0.4, -0.2) is 33.2 Å². The van der Waals surface area contributed by atoms with Crippen molar-refractivity contribution in [2.75, 3.05) is 5.75 Å². The van der Waals surface area contributed by atoms with Crippen molar-refractivity contribution in [2.24, 2.45) is 0 Å². The molecule has 2 heterocycles. The van der Waals surface area contributed by atoms with Crippen molar-refractivity contribution in [3.8, 4) is 10.6 Å². The first-order valence-electron chi connectivity index (χ1n) is 4.61. The van der Waals surface area contributed by atoms with Gasteiger partial charge in [0, 0.05) is 11.6 Å². The Balaban J connectivity index is 2.09. The van der Waals surface area contributed by atoms with E-state index in [0.29, 0.717) is 0 Å². The van der Waals surface area contributed by atoms with Crippen LogP contribution in [0.1, 0.15) is 0 Å². The second-order valence-electron chi connectivity index (χ2n) is 3.19. The minimum absolute atomic E-state index is 0.0439. The summed E-state index contributed by atoms with van der Waals surface area (Å²) < 4.78 is 36.6. The number of rotatable bonds is 4. The lowest BCUT2D eigenvalue weighted by Gasteiger charge is -2.02. The average Bonchev–Trinajstić information content (AvgIpc) is 2.79. The van der Waals surface area contributed by atoms with E-state index in [2.05, 4.69) is 14.5 Å². The second-order valence-corrected chi connectivity index (χ2v) is 5.49. The molecular formula is C8H8N4O3S2. The van der Waals surface area contributed by atoms with Gasteiger partial charge in [-0.2, -0.15) is 4.37 Å². The monoisotopic (exact) mass is 272 g/mol. The van der Waals surface area contributed by atoms with E-state index in [4.69, 9.17) is 0 Å². The lowest BCUT2D eigenvalue weighted by Crippen LogP contribution is -2.40. The zero-order valence-electron chi connectivity index (χ0n) is 8.55. The molecule has 0 aromatic carbocycles. The number of hydrogen-bond acceptors (Lipinski definition) is 7. The fourth-order valence-electron chi connectivity index (χ4n) is 1.15. The molecule has 0 amide bonds. The molecule has 0 saturated carbocycles. The molecule has 2 aromatic heterocycles. The number of hydrogen-bond donors (Lipinski definition) is 0. The minimum atomic E-state index is -4.21. The van der Waals surface area contributed by atoms with Gasteiger partial charge in [0.25, 0.3) is 0 Å². The molecule has 2 aromatic rings. The van der Waals surface area contributed by atoms with Crippen molar-refractivity contribution in [3.63, 3.8) is 0 Å². The molecule has 0 saturated heterocycles. The van der Waals surface area contributed by atoms with Crippen molar-refractivity contribution < 1.29 is 17.7 Å². The summed E-state index contributed by atoms with van der Waals surface area (Å²) in [6, 6.07) is 1.74. The molecule has 90 valence electrons. The van der Waals surface area contributed by atoms with E-state index in [1.807, 2.05) is 0 Å². The van der Waals surface area contributed by atoms with Gasteiger partial charge in [0.05, 0.1) is 5.75 Å². The Morgan fingerprint density at radius 1 is 1.47 bits per heavy atom. The van der Waals surface area contributed by atoms with Gasteiger partial charge in [-0.1, -0.05) is 4.68 Å². The van der Waals surface area contributed by atoms with Gasteiger partial charge in [0.2, 0.25) is 0 Å². The van der Waals surface area contributed by atoms with Gasteiger partial charge in [-0.15, -0.1) is 0 Å². The van der Waals surface area contributed by atoms with Crippen LogP contribution in [-0.2, 0) is 16.7 Å². The summed E-state index contributed by atoms with van der Waals surface area (Å²) in [7, 11) is -4.21. The van der Waals surface area contributed by atoms with E-state index in [-0.39, 0.29) is 6.54 Å². The fourth-order valence-corrected chi connectivity index (χ4v) is 2.07. The average molecular weight is 272 g/mol. The molecule has 0 unspecified atom stereocenters. The molecule has 0 bridgehead atoms. The van der Waals surface area contributed by atoms with Gasteiger partial charge >= 0.3 is 0 Å². The molecule has 9 heteroatoms. The quantitative estimate of drug-likeness (QED) is 0.546. The molecular weight excluding hydrogens is 264 g/mol. The Morgan fingerprint density at radius 2 is 2.29 bits per heavy atom. The molecule has 0 aliphatic rings. The third-order valence-corrected chi connectivity index (χ3v) is 3.35. The molecule has 0 radical (unpaired) electrons. The summed E-state index contributed by atoms with van der Waals surface area (Å²) in [4.78, 5) is 4.01. The van der Waals surface area contributed by atoms with Crippen molar-refractivity contribution in [1.29, 1.82) is 0 Å². The smallest absolute Gasteiger partial charge is 0.197 e. The van der Waals surface area contributed by atoms with E-state index in [1.54, 1.807) is 18.5 Å². The highest BCUT2D eigenvalue weighted by atomic mass is 32.2. The zero-order chi connectivity index (χ0) is 12.3. The number of nitrogens with zero attached hydrogens (tertiary/aromatic N) is 4. The zero-order valence-corrected chi connectivity index (χ0v) is 10.2. The molecule has 17 heavy (non-hydrogen) atoms. The highest BCUT2D eigenvalue weighted by Gasteiger charge is 2.08. The largest absolute Gasteiger partial charge is 0.748 e. The van der Waals surface area contributed by atoms with E-state index in [1.165, 1.54) is 22.5 Å². The maximum atomic E-state index is 10.4. The van der Waals surface area contributed by atoms with Crippen LogP contribution in [0.5, 0.6) is 0 Å². The fraction of sp³-hybridized carbons (Fsp3) is 0.250. The molecule has 0 aliphatic carbocycles. The summed E-state index contributed by atoms with van der Waals surface area (Å²) in [5.41, 5.74) is 0.800. The first-order valence-corrected chi connectivity index (χ1v) is 6.96. The van der Waals surface area contributed by atoms with Crippen LogP contribution >= 0.6 is 11.5 Å². The third-order valence-electron chi connectivity index (χ3n) is 1.95. The molecule has 7 nitrogen and oxygen atoms in total. The molecule has 0 spiro atoms. The SMILES string of the molecule is O=S(=O)([O-])CC[n+]1ccc(-c2ncns2)cn1. The number of aromatic nitrogens is 4. The van der Waals surface area contributed by atoms with Gasteiger partial charge in [-0.05, 0) is 16.6 Å². The van der Waals surface area contributed by atoms with E-state index < -0.39 is 15.9 Å². The van der Waals surface area contributed by atoms with Crippen molar-refractivity contribution in [3.05, 3.63) is 24.8 Å². The van der Waals surface area contributed by atoms with Crippen LogP contribution < -0.4 is 4.68 Å². The van der Waals surface area contributed by atoms with Crippen LogP contribution in [0, 0.1) is 0 Å². The maximum Gasteiger partial charge on any atom is 0.197 e. The van der Waals surface area contributed by atoms with Crippen molar-refractivity contribution in [2.45, 2.75) is 6.54 Å². The standard InChI is InChI=1S/C8H8N4O3S2/c13-17(14,15)4-3-12-2-1-7(5-10-12)8-9-6-11-16-8/h1-2,5-6H,3-4H2. The van der Waals surface area contributed by atoms with Gasteiger partial charge < -0.3 is 4.55 Å². The summed E-state index contributed by atoms with van der Waals surface area (Å²) >= 11 is 1.24. The predicted molar refractivity (Wildman–Crippen MR) is 57.9 cm³/mol. The predicted octanol–water partition coefficient (Wildman–Crippen LogP) is -0.567. The van der Waals surface area contributed by atoms with Gasteiger partial charge in [-0.25, -0.2) is 13.4 Å². The Labute approximate surface area is 102 Å².